The van der Waals surface area contributed by atoms with Crippen LogP contribution < -0.4 is 5.32 Å². The molecule has 0 aliphatic carbocycles. The minimum atomic E-state index is -0.515. The van der Waals surface area contributed by atoms with Crippen LogP contribution in [-0.2, 0) is 6.54 Å². The van der Waals surface area contributed by atoms with Gasteiger partial charge in [-0.1, -0.05) is 31.1 Å². The molecule has 0 bridgehead atoms. The van der Waals surface area contributed by atoms with Crippen LogP contribution in [0.5, 0.6) is 5.75 Å². The molecule has 2 aromatic heterocycles. The van der Waals surface area contributed by atoms with Gasteiger partial charge in [-0.15, -0.1) is 0 Å². The second-order valence-electron chi connectivity index (χ2n) is 5.97. The number of aromatic hydroxyl groups is 1. The van der Waals surface area contributed by atoms with Crippen LogP contribution in [0.4, 0.5) is 0 Å². The lowest BCUT2D eigenvalue weighted by atomic mass is 10.0. The smallest absolute Gasteiger partial charge is 0.276 e. The fourth-order valence-electron chi connectivity index (χ4n) is 2.34. The van der Waals surface area contributed by atoms with Gasteiger partial charge in [0.05, 0.1) is 18.4 Å². The Labute approximate surface area is 144 Å². The van der Waals surface area contributed by atoms with E-state index in [0.717, 1.165) is 11.3 Å². The fourth-order valence-corrected chi connectivity index (χ4v) is 2.34. The van der Waals surface area contributed by atoms with Gasteiger partial charge in [0.25, 0.3) is 5.91 Å². The summed E-state index contributed by atoms with van der Waals surface area (Å²) in [5, 5.41) is 20.5. The van der Waals surface area contributed by atoms with E-state index in [1.807, 2.05) is 24.3 Å². The first-order valence-electron chi connectivity index (χ1n) is 7.90. The van der Waals surface area contributed by atoms with Crippen molar-refractivity contribution >= 4 is 5.91 Å². The molecule has 130 valence electrons. The van der Waals surface area contributed by atoms with Crippen LogP contribution in [0.3, 0.4) is 0 Å². The van der Waals surface area contributed by atoms with Crippen LogP contribution in [0, 0.1) is 6.92 Å². The van der Waals surface area contributed by atoms with E-state index >= 15 is 0 Å². The molecule has 0 spiro atoms. The number of nitrogens with one attached hydrogen (secondary N) is 1. The summed E-state index contributed by atoms with van der Waals surface area (Å²) in [6.07, 6.45) is 1.41. The summed E-state index contributed by atoms with van der Waals surface area (Å²) in [5.74, 6) is 0.427. The summed E-state index contributed by atoms with van der Waals surface area (Å²) in [4.78, 5) is 16.2. The fraction of sp³-hybridized carbons (Fsp3) is 0.294. The second kappa shape index (κ2) is 6.76. The molecule has 1 aromatic carbocycles. The zero-order valence-corrected chi connectivity index (χ0v) is 14.2. The lowest BCUT2D eigenvalue weighted by molar-refractivity contribution is 0.0941. The lowest BCUT2D eigenvalue weighted by Gasteiger charge is -2.07. The van der Waals surface area contributed by atoms with Gasteiger partial charge in [0.2, 0.25) is 5.89 Å². The quantitative estimate of drug-likeness (QED) is 0.738. The summed E-state index contributed by atoms with van der Waals surface area (Å²) < 4.78 is 6.32. The van der Waals surface area contributed by atoms with Gasteiger partial charge in [-0.3, -0.25) is 4.79 Å². The number of amides is 1. The number of aryl methyl sites for hydroxylation is 1. The highest BCUT2D eigenvalue weighted by atomic mass is 16.5. The van der Waals surface area contributed by atoms with Crippen molar-refractivity contribution < 1.29 is 14.4 Å². The normalized spacial score (nSPS) is 11.0. The highest BCUT2D eigenvalue weighted by molar-refractivity contribution is 5.94. The van der Waals surface area contributed by atoms with Crippen molar-refractivity contribution in [3.05, 3.63) is 53.4 Å². The molecule has 0 saturated carbocycles. The summed E-state index contributed by atoms with van der Waals surface area (Å²) in [5.41, 5.74) is 1.86. The van der Waals surface area contributed by atoms with E-state index in [2.05, 4.69) is 34.4 Å². The van der Waals surface area contributed by atoms with Crippen molar-refractivity contribution in [3.63, 3.8) is 0 Å². The molecule has 0 saturated heterocycles. The lowest BCUT2D eigenvalue weighted by Crippen LogP contribution is -2.24. The highest BCUT2D eigenvalue weighted by Crippen LogP contribution is 2.21. The summed E-state index contributed by atoms with van der Waals surface area (Å²) >= 11 is 0. The van der Waals surface area contributed by atoms with E-state index in [0.29, 0.717) is 17.6 Å². The number of benzene rings is 1. The van der Waals surface area contributed by atoms with Crippen molar-refractivity contribution in [3.8, 4) is 11.4 Å². The van der Waals surface area contributed by atoms with Gasteiger partial charge in [0.15, 0.2) is 17.3 Å². The maximum atomic E-state index is 12.2. The Kier molecular flexibility index (Phi) is 4.51. The van der Waals surface area contributed by atoms with Crippen molar-refractivity contribution in [1.29, 1.82) is 0 Å². The molecule has 0 unspecified atom stereocenters. The van der Waals surface area contributed by atoms with E-state index in [1.165, 1.54) is 10.9 Å². The third-order valence-corrected chi connectivity index (χ3v) is 3.69. The van der Waals surface area contributed by atoms with Gasteiger partial charge in [0.1, 0.15) is 0 Å². The first-order chi connectivity index (χ1) is 11.9. The Hall–Kier alpha value is -3.16. The van der Waals surface area contributed by atoms with Gasteiger partial charge in [-0.05, 0) is 23.6 Å². The summed E-state index contributed by atoms with van der Waals surface area (Å²) in [6, 6.07) is 7.78. The molecule has 8 heteroatoms. The Morgan fingerprint density at radius 1 is 1.40 bits per heavy atom. The molecular weight excluding hydrogens is 322 g/mol. The number of rotatable bonds is 5. The Bertz CT molecular complexity index is 897. The highest BCUT2D eigenvalue weighted by Gasteiger charge is 2.18. The molecule has 2 heterocycles. The Morgan fingerprint density at radius 2 is 2.20 bits per heavy atom. The van der Waals surface area contributed by atoms with Crippen molar-refractivity contribution in [1.82, 2.24) is 25.2 Å². The van der Waals surface area contributed by atoms with Gasteiger partial charge in [-0.25, -0.2) is 4.68 Å². The van der Waals surface area contributed by atoms with Crippen LogP contribution >= 0.6 is 0 Å². The molecule has 0 fully saturated rings. The Balaban J connectivity index is 1.77. The van der Waals surface area contributed by atoms with Crippen LogP contribution in [-0.4, -0.2) is 30.9 Å². The molecule has 0 aliphatic heterocycles. The maximum Gasteiger partial charge on any atom is 0.276 e. The van der Waals surface area contributed by atoms with E-state index in [9.17, 15) is 9.90 Å². The van der Waals surface area contributed by atoms with Gasteiger partial charge < -0.3 is 14.9 Å². The predicted octanol–water partition coefficient (Wildman–Crippen LogP) is 2.32. The SMILES string of the molecule is Cc1nc(CNC(=O)c2nn(-c3cccc(C(C)C)c3)cc2O)no1. The van der Waals surface area contributed by atoms with Crippen LogP contribution in [0.25, 0.3) is 5.69 Å². The average molecular weight is 341 g/mol. The zero-order valence-electron chi connectivity index (χ0n) is 14.2. The largest absolute Gasteiger partial charge is 0.504 e. The van der Waals surface area contributed by atoms with Crippen molar-refractivity contribution in [2.45, 2.75) is 33.2 Å². The molecular formula is C17H19N5O3. The molecule has 3 aromatic rings. The number of carbonyl (C=O) groups excluding carboxylic acids is 1. The van der Waals surface area contributed by atoms with Gasteiger partial charge in [-0.2, -0.15) is 10.1 Å². The number of aromatic nitrogens is 4. The Morgan fingerprint density at radius 3 is 2.88 bits per heavy atom. The monoisotopic (exact) mass is 341 g/mol. The molecule has 2 N–H and O–H groups in total. The summed E-state index contributed by atoms with van der Waals surface area (Å²) in [7, 11) is 0. The van der Waals surface area contributed by atoms with Crippen LogP contribution in [0.2, 0.25) is 0 Å². The summed E-state index contributed by atoms with van der Waals surface area (Å²) in [6.45, 7) is 5.94. The van der Waals surface area contributed by atoms with Gasteiger partial charge >= 0.3 is 0 Å². The van der Waals surface area contributed by atoms with E-state index < -0.39 is 5.91 Å². The molecule has 0 atom stereocenters. The van der Waals surface area contributed by atoms with Crippen molar-refractivity contribution in [2.24, 2.45) is 0 Å². The first-order valence-corrected chi connectivity index (χ1v) is 7.90. The maximum absolute atomic E-state index is 12.2. The molecule has 0 aliphatic rings. The van der Waals surface area contributed by atoms with E-state index in [1.54, 1.807) is 6.92 Å². The molecule has 25 heavy (non-hydrogen) atoms. The van der Waals surface area contributed by atoms with Crippen molar-refractivity contribution in [2.75, 3.05) is 0 Å². The average Bonchev–Trinajstić information content (AvgIpc) is 3.18. The number of nitrogens with zero attached hydrogens (tertiary/aromatic N) is 4. The zero-order chi connectivity index (χ0) is 18.0. The standard InChI is InChI=1S/C17H19N5O3/c1-10(2)12-5-4-6-13(7-12)22-9-14(23)16(20-22)17(24)18-8-15-19-11(3)25-21-15/h4-7,9-10,23H,8H2,1-3H3,(H,18,24). The van der Waals surface area contributed by atoms with Gasteiger partial charge in [0, 0.05) is 6.92 Å². The minimum absolute atomic E-state index is 0.0600. The third kappa shape index (κ3) is 3.68. The topological polar surface area (TPSA) is 106 Å². The first kappa shape index (κ1) is 16.7. The molecule has 0 radical (unpaired) electrons. The van der Waals surface area contributed by atoms with E-state index in [4.69, 9.17) is 4.52 Å². The number of carbonyl (C=O) groups is 1. The minimum Gasteiger partial charge on any atom is -0.504 e. The number of hydrogen-bond acceptors (Lipinski definition) is 6. The molecule has 1 amide bonds. The number of hydrogen-bond donors (Lipinski definition) is 2. The molecule has 3 rings (SSSR count). The second-order valence-corrected chi connectivity index (χ2v) is 5.97. The third-order valence-electron chi connectivity index (χ3n) is 3.69. The van der Waals surface area contributed by atoms with Crippen LogP contribution in [0.1, 0.15) is 47.5 Å². The van der Waals surface area contributed by atoms with Crippen LogP contribution in [0.15, 0.2) is 35.0 Å². The molecule has 8 nitrogen and oxygen atoms in total. The van der Waals surface area contributed by atoms with E-state index in [-0.39, 0.29) is 18.0 Å². The predicted molar refractivity (Wildman–Crippen MR) is 89.5 cm³/mol.